The van der Waals surface area contributed by atoms with E-state index in [1.165, 1.54) is 0 Å². The lowest BCUT2D eigenvalue weighted by atomic mass is 10.1. The Balaban J connectivity index is 3.06. The Morgan fingerprint density at radius 2 is 2.12 bits per heavy atom. The third kappa shape index (κ3) is 3.02. The molecule has 4 nitrogen and oxygen atoms in total. The lowest BCUT2D eigenvalue weighted by Crippen LogP contribution is -2.33. The summed E-state index contributed by atoms with van der Waals surface area (Å²) in [5, 5.41) is 9.27. The van der Waals surface area contributed by atoms with Gasteiger partial charge in [-0.15, -0.1) is 0 Å². The Morgan fingerprint density at radius 3 is 2.56 bits per heavy atom. The fourth-order valence-corrected chi connectivity index (χ4v) is 2.06. The second kappa shape index (κ2) is 5.96. The third-order valence-corrected chi connectivity index (χ3v) is 2.89. The molecule has 0 saturated heterocycles. The second-order valence-electron chi connectivity index (χ2n) is 3.40. The Labute approximate surface area is 103 Å². The van der Waals surface area contributed by atoms with Crippen molar-refractivity contribution in [1.82, 2.24) is 9.88 Å². The van der Waals surface area contributed by atoms with Crippen LogP contribution in [-0.4, -0.2) is 34.0 Å². The van der Waals surface area contributed by atoms with Gasteiger partial charge in [-0.2, -0.15) is 0 Å². The number of aromatic nitrogens is 1. The predicted octanol–water partition coefficient (Wildman–Crippen LogP) is 2.31. The van der Waals surface area contributed by atoms with Gasteiger partial charge in [-0.25, -0.2) is 0 Å². The molecule has 1 aromatic heterocycles. The Morgan fingerprint density at radius 1 is 1.50 bits per heavy atom. The number of halogens is 1. The number of likely N-dealkylation sites (N-methyl/N-ethyl adjacent to an activating group) is 1. The van der Waals surface area contributed by atoms with Crippen molar-refractivity contribution >= 4 is 21.9 Å². The fourth-order valence-electron chi connectivity index (χ4n) is 1.68. The lowest BCUT2D eigenvalue weighted by molar-refractivity contribution is -0.143. The van der Waals surface area contributed by atoms with E-state index < -0.39 is 12.0 Å². The van der Waals surface area contributed by atoms with Crippen LogP contribution in [0, 0.1) is 0 Å². The van der Waals surface area contributed by atoms with Crippen LogP contribution in [-0.2, 0) is 4.79 Å². The van der Waals surface area contributed by atoms with Crippen molar-refractivity contribution in [3.05, 3.63) is 28.5 Å². The van der Waals surface area contributed by atoms with E-state index in [0.717, 1.165) is 4.47 Å². The topological polar surface area (TPSA) is 53.4 Å². The molecule has 0 aliphatic rings. The van der Waals surface area contributed by atoms with Gasteiger partial charge in [-0.1, -0.05) is 13.8 Å². The van der Waals surface area contributed by atoms with E-state index >= 15 is 0 Å². The molecule has 0 amide bonds. The molecule has 1 heterocycles. The van der Waals surface area contributed by atoms with E-state index in [2.05, 4.69) is 20.9 Å². The van der Waals surface area contributed by atoms with Crippen LogP contribution in [0.1, 0.15) is 25.5 Å². The monoisotopic (exact) mass is 286 g/mol. The van der Waals surface area contributed by atoms with Gasteiger partial charge in [0, 0.05) is 16.9 Å². The molecule has 0 radical (unpaired) electrons. The van der Waals surface area contributed by atoms with Crippen molar-refractivity contribution in [3.63, 3.8) is 0 Å². The average Bonchev–Trinajstić information content (AvgIpc) is 2.24. The van der Waals surface area contributed by atoms with Crippen LogP contribution in [0.4, 0.5) is 0 Å². The largest absolute Gasteiger partial charge is 0.480 e. The van der Waals surface area contributed by atoms with Crippen molar-refractivity contribution in [3.8, 4) is 0 Å². The highest BCUT2D eigenvalue weighted by Crippen LogP contribution is 2.22. The molecule has 0 aliphatic carbocycles. The highest BCUT2D eigenvalue weighted by molar-refractivity contribution is 9.10. The summed E-state index contributed by atoms with van der Waals surface area (Å²) in [4.78, 5) is 17.2. The molecule has 0 saturated carbocycles. The first-order valence-electron chi connectivity index (χ1n) is 5.17. The molecule has 0 aromatic carbocycles. The summed E-state index contributed by atoms with van der Waals surface area (Å²) in [6.07, 6.45) is 3.24. The van der Waals surface area contributed by atoms with Gasteiger partial charge in [0.15, 0.2) is 0 Å². The maximum Gasteiger partial charge on any atom is 0.325 e. The van der Waals surface area contributed by atoms with Crippen LogP contribution in [0.3, 0.4) is 0 Å². The molecule has 0 spiro atoms. The summed E-state index contributed by atoms with van der Waals surface area (Å²) in [7, 11) is 0. The maximum absolute atomic E-state index is 11.3. The fraction of sp³-hybridized carbons (Fsp3) is 0.455. The van der Waals surface area contributed by atoms with Gasteiger partial charge in [0.1, 0.15) is 6.04 Å². The first-order chi connectivity index (χ1) is 7.60. The minimum Gasteiger partial charge on any atom is -0.480 e. The van der Waals surface area contributed by atoms with Crippen LogP contribution in [0.5, 0.6) is 0 Å². The van der Waals surface area contributed by atoms with Gasteiger partial charge in [-0.05, 0) is 40.6 Å². The predicted molar refractivity (Wildman–Crippen MR) is 65.2 cm³/mol. The lowest BCUT2D eigenvalue weighted by Gasteiger charge is -2.26. The van der Waals surface area contributed by atoms with E-state index in [1.54, 1.807) is 18.5 Å². The van der Waals surface area contributed by atoms with Crippen LogP contribution in [0.15, 0.2) is 22.9 Å². The SMILES string of the molecule is CCN(CC)C(C(=O)O)c1cncc(Br)c1. The number of carboxylic acids is 1. The minimum absolute atomic E-state index is 0.625. The number of aliphatic carboxylic acids is 1. The molecule has 16 heavy (non-hydrogen) atoms. The standard InChI is InChI=1S/C11H15BrN2O2/c1-3-14(4-2)10(11(15)16)8-5-9(12)7-13-6-8/h5-7,10H,3-4H2,1-2H3,(H,15,16). The number of rotatable bonds is 5. The zero-order valence-electron chi connectivity index (χ0n) is 9.35. The highest BCUT2D eigenvalue weighted by atomic mass is 79.9. The Bertz CT molecular complexity index is 367. The van der Waals surface area contributed by atoms with E-state index in [0.29, 0.717) is 18.7 Å². The number of carboxylic acid groups (broad SMARTS) is 1. The molecule has 0 bridgehead atoms. The summed E-state index contributed by atoms with van der Waals surface area (Å²) in [5.74, 6) is -0.844. The molecule has 1 unspecified atom stereocenters. The number of nitrogens with zero attached hydrogens (tertiary/aromatic N) is 2. The molecule has 5 heteroatoms. The van der Waals surface area contributed by atoms with Crippen molar-refractivity contribution < 1.29 is 9.90 Å². The van der Waals surface area contributed by atoms with Gasteiger partial charge in [0.2, 0.25) is 0 Å². The first-order valence-corrected chi connectivity index (χ1v) is 5.96. The van der Waals surface area contributed by atoms with Crippen LogP contribution < -0.4 is 0 Å². The zero-order chi connectivity index (χ0) is 12.1. The van der Waals surface area contributed by atoms with Gasteiger partial charge in [0.25, 0.3) is 0 Å². The van der Waals surface area contributed by atoms with Crippen molar-refractivity contribution in [2.24, 2.45) is 0 Å². The second-order valence-corrected chi connectivity index (χ2v) is 4.31. The average molecular weight is 287 g/mol. The Kier molecular flexibility index (Phi) is 4.89. The molecule has 88 valence electrons. The van der Waals surface area contributed by atoms with Crippen LogP contribution >= 0.6 is 15.9 Å². The maximum atomic E-state index is 11.3. The van der Waals surface area contributed by atoms with E-state index in [1.807, 2.05) is 18.7 Å². The summed E-state index contributed by atoms with van der Waals surface area (Å²) < 4.78 is 0.795. The molecule has 0 fully saturated rings. The van der Waals surface area contributed by atoms with Crippen LogP contribution in [0.25, 0.3) is 0 Å². The van der Waals surface area contributed by atoms with Crippen molar-refractivity contribution in [1.29, 1.82) is 0 Å². The van der Waals surface area contributed by atoms with E-state index in [4.69, 9.17) is 0 Å². The summed E-state index contributed by atoms with van der Waals surface area (Å²) in [6.45, 7) is 5.29. The Hall–Kier alpha value is -0.940. The van der Waals surface area contributed by atoms with Crippen LogP contribution in [0.2, 0.25) is 0 Å². The molecule has 0 aliphatic heterocycles. The zero-order valence-corrected chi connectivity index (χ0v) is 10.9. The van der Waals surface area contributed by atoms with Crippen molar-refractivity contribution in [2.45, 2.75) is 19.9 Å². The summed E-state index contributed by atoms with van der Waals surface area (Å²) >= 11 is 3.30. The minimum atomic E-state index is -0.844. The van der Waals surface area contributed by atoms with E-state index in [9.17, 15) is 9.90 Å². The van der Waals surface area contributed by atoms with Crippen molar-refractivity contribution in [2.75, 3.05) is 13.1 Å². The molecule has 1 aromatic rings. The van der Waals surface area contributed by atoms with Gasteiger partial charge in [0.05, 0.1) is 0 Å². The van der Waals surface area contributed by atoms with E-state index in [-0.39, 0.29) is 0 Å². The van der Waals surface area contributed by atoms with Gasteiger partial charge in [-0.3, -0.25) is 14.7 Å². The number of carbonyl (C=O) groups is 1. The summed E-state index contributed by atoms with van der Waals surface area (Å²) in [6, 6.07) is 1.17. The summed E-state index contributed by atoms with van der Waals surface area (Å²) in [5.41, 5.74) is 0.700. The highest BCUT2D eigenvalue weighted by Gasteiger charge is 2.25. The third-order valence-electron chi connectivity index (χ3n) is 2.45. The number of hydrogen-bond donors (Lipinski definition) is 1. The molecule has 1 N–H and O–H groups in total. The molecule has 1 atom stereocenters. The molecular weight excluding hydrogens is 272 g/mol. The first kappa shape index (κ1) is 13.1. The normalized spacial score (nSPS) is 12.8. The smallest absolute Gasteiger partial charge is 0.325 e. The number of hydrogen-bond acceptors (Lipinski definition) is 3. The van der Waals surface area contributed by atoms with Gasteiger partial charge >= 0.3 is 5.97 Å². The molecule has 1 rings (SSSR count). The molecular formula is C11H15BrN2O2. The quantitative estimate of drug-likeness (QED) is 0.903. The van der Waals surface area contributed by atoms with Gasteiger partial charge < -0.3 is 5.11 Å². The number of pyridine rings is 1.